The smallest absolute Gasteiger partial charge is 0.164 e. The van der Waals surface area contributed by atoms with Gasteiger partial charge in [0.05, 0.1) is 5.57 Å². The average molecular weight is 234 g/mol. The van der Waals surface area contributed by atoms with E-state index in [1.807, 2.05) is 30.3 Å². The first-order valence-electron chi connectivity index (χ1n) is 4.90. The maximum Gasteiger partial charge on any atom is 0.164 e. The second-order valence-electron chi connectivity index (χ2n) is 3.22. The highest BCUT2D eigenvalue weighted by molar-refractivity contribution is 7.81. The predicted octanol–water partition coefficient (Wildman–Crippen LogP) is 2.12. The van der Waals surface area contributed by atoms with Gasteiger partial charge in [-0.3, -0.25) is 4.79 Å². The first-order chi connectivity index (χ1) is 7.65. The van der Waals surface area contributed by atoms with Crippen LogP contribution in [0.1, 0.15) is 6.92 Å². The number of thiocarbonyl (C=S) groups is 1. The Morgan fingerprint density at radius 3 is 2.44 bits per heavy atom. The quantitative estimate of drug-likeness (QED) is 0.618. The lowest BCUT2D eigenvalue weighted by molar-refractivity contribution is -0.113. The molecule has 0 aliphatic rings. The van der Waals surface area contributed by atoms with Gasteiger partial charge in [0, 0.05) is 18.9 Å². The van der Waals surface area contributed by atoms with Crippen LogP contribution in [0.2, 0.25) is 0 Å². The molecule has 0 fully saturated rings. The number of carbonyl (C=O) groups is 1. The van der Waals surface area contributed by atoms with E-state index in [-0.39, 0.29) is 5.78 Å². The van der Waals surface area contributed by atoms with Gasteiger partial charge in [-0.25, -0.2) is 0 Å². The van der Waals surface area contributed by atoms with E-state index in [2.05, 4.69) is 10.6 Å². The molecule has 0 amide bonds. The Morgan fingerprint density at radius 2 is 1.94 bits per heavy atom. The summed E-state index contributed by atoms with van der Waals surface area (Å²) >= 11 is 5.16. The average Bonchev–Trinajstić information content (AvgIpc) is 2.26. The number of anilines is 1. The highest BCUT2D eigenvalue weighted by atomic mass is 32.1. The molecule has 0 aliphatic heterocycles. The van der Waals surface area contributed by atoms with Crippen LogP contribution in [0.15, 0.2) is 42.1 Å². The molecule has 1 aromatic carbocycles. The Balaban J connectivity index is 2.78. The fourth-order valence-corrected chi connectivity index (χ4v) is 1.51. The van der Waals surface area contributed by atoms with Crippen LogP contribution in [0, 0.1) is 0 Å². The molecule has 0 saturated carbocycles. The standard InChI is InChI=1S/C12H14N2OS/c1-9(15)11(8-13-2)12(16)14-10-6-4-3-5-7-10/h3-8,13H,1-2H3,(H,14,16). The molecule has 0 unspecified atom stereocenters. The maximum atomic E-state index is 11.3. The molecule has 0 heterocycles. The van der Waals surface area contributed by atoms with E-state index < -0.39 is 0 Å². The van der Waals surface area contributed by atoms with Gasteiger partial charge in [0.1, 0.15) is 4.99 Å². The zero-order chi connectivity index (χ0) is 12.0. The second kappa shape index (κ2) is 6.02. The monoisotopic (exact) mass is 234 g/mol. The third-order valence-corrected chi connectivity index (χ3v) is 2.27. The molecule has 16 heavy (non-hydrogen) atoms. The van der Waals surface area contributed by atoms with E-state index in [4.69, 9.17) is 12.2 Å². The number of carbonyl (C=O) groups excluding carboxylic acids is 1. The fourth-order valence-electron chi connectivity index (χ4n) is 1.19. The highest BCUT2D eigenvalue weighted by Gasteiger charge is 2.09. The number of rotatable bonds is 4. The predicted molar refractivity (Wildman–Crippen MR) is 70.5 cm³/mol. The van der Waals surface area contributed by atoms with Crippen LogP contribution in [0.4, 0.5) is 5.69 Å². The lowest BCUT2D eigenvalue weighted by Crippen LogP contribution is -2.19. The number of Topliss-reactive ketones (excluding diaryl/α,β-unsaturated/α-hetero) is 1. The van der Waals surface area contributed by atoms with Crippen LogP contribution < -0.4 is 10.6 Å². The van der Waals surface area contributed by atoms with Gasteiger partial charge < -0.3 is 10.6 Å². The minimum Gasteiger partial charge on any atom is -0.393 e. The van der Waals surface area contributed by atoms with Gasteiger partial charge in [-0.05, 0) is 19.1 Å². The normalized spacial score (nSPS) is 10.8. The summed E-state index contributed by atoms with van der Waals surface area (Å²) < 4.78 is 0. The summed E-state index contributed by atoms with van der Waals surface area (Å²) in [6.45, 7) is 1.49. The summed E-state index contributed by atoms with van der Waals surface area (Å²) in [5.41, 5.74) is 1.34. The molecule has 4 heteroatoms. The van der Waals surface area contributed by atoms with Crippen molar-refractivity contribution >= 4 is 28.7 Å². The molecule has 2 N–H and O–H groups in total. The Labute approximate surface area is 101 Å². The highest BCUT2D eigenvalue weighted by Crippen LogP contribution is 2.08. The summed E-state index contributed by atoms with van der Waals surface area (Å²) in [6.07, 6.45) is 1.60. The van der Waals surface area contributed by atoms with Gasteiger partial charge in [0.2, 0.25) is 0 Å². The van der Waals surface area contributed by atoms with Crippen molar-refractivity contribution in [3.8, 4) is 0 Å². The van der Waals surface area contributed by atoms with Crippen molar-refractivity contribution in [3.05, 3.63) is 42.1 Å². The molecule has 1 aromatic rings. The SMILES string of the molecule is CNC=C(C(C)=O)C(=S)Nc1ccccc1. The van der Waals surface area contributed by atoms with Gasteiger partial charge in [-0.1, -0.05) is 30.4 Å². The van der Waals surface area contributed by atoms with Crippen molar-refractivity contribution in [2.75, 3.05) is 12.4 Å². The van der Waals surface area contributed by atoms with Crippen LogP contribution in [0.3, 0.4) is 0 Å². The van der Waals surface area contributed by atoms with Crippen molar-refractivity contribution in [1.29, 1.82) is 0 Å². The first kappa shape index (κ1) is 12.4. The lowest BCUT2D eigenvalue weighted by Gasteiger charge is -2.09. The number of para-hydroxylation sites is 1. The Hall–Kier alpha value is -1.68. The van der Waals surface area contributed by atoms with Crippen LogP contribution in [0.25, 0.3) is 0 Å². The van der Waals surface area contributed by atoms with Crippen molar-refractivity contribution in [2.45, 2.75) is 6.92 Å². The van der Waals surface area contributed by atoms with E-state index in [0.717, 1.165) is 5.69 Å². The van der Waals surface area contributed by atoms with Crippen LogP contribution in [-0.2, 0) is 4.79 Å². The van der Waals surface area contributed by atoms with Crippen LogP contribution >= 0.6 is 12.2 Å². The molecular weight excluding hydrogens is 220 g/mol. The van der Waals surface area contributed by atoms with Crippen molar-refractivity contribution in [1.82, 2.24) is 5.32 Å². The molecule has 84 valence electrons. The Morgan fingerprint density at radius 1 is 1.31 bits per heavy atom. The number of hydrogen-bond donors (Lipinski definition) is 2. The zero-order valence-corrected chi connectivity index (χ0v) is 10.1. The Kier molecular flexibility index (Phi) is 4.66. The van der Waals surface area contributed by atoms with Gasteiger partial charge in [0.25, 0.3) is 0 Å². The molecule has 3 nitrogen and oxygen atoms in total. The maximum absolute atomic E-state index is 11.3. The summed E-state index contributed by atoms with van der Waals surface area (Å²) in [6, 6.07) is 9.51. The summed E-state index contributed by atoms with van der Waals surface area (Å²) in [4.78, 5) is 11.8. The van der Waals surface area contributed by atoms with E-state index >= 15 is 0 Å². The third-order valence-electron chi connectivity index (χ3n) is 1.94. The minimum absolute atomic E-state index is 0.0669. The largest absolute Gasteiger partial charge is 0.393 e. The molecule has 0 aliphatic carbocycles. The number of ketones is 1. The van der Waals surface area contributed by atoms with Gasteiger partial charge in [0.15, 0.2) is 5.78 Å². The second-order valence-corrected chi connectivity index (χ2v) is 3.63. The molecule has 0 spiro atoms. The van der Waals surface area contributed by atoms with Crippen LogP contribution in [0.5, 0.6) is 0 Å². The van der Waals surface area contributed by atoms with Crippen molar-refractivity contribution < 1.29 is 4.79 Å². The number of benzene rings is 1. The topological polar surface area (TPSA) is 41.1 Å². The van der Waals surface area contributed by atoms with E-state index in [1.165, 1.54) is 6.92 Å². The number of nitrogens with one attached hydrogen (secondary N) is 2. The van der Waals surface area contributed by atoms with Gasteiger partial charge >= 0.3 is 0 Å². The molecule has 0 radical (unpaired) electrons. The van der Waals surface area contributed by atoms with Crippen LogP contribution in [-0.4, -0.2) is 17.8 Å². The molecule has 0 atom stereocenters. The Bertz CT molecular complexity index is 412. The molecule has 0 bridgehead atoms. The molecule has 1 rings (SSSR count). The fraction of sp³-hybridized carbons (Fsp3) is 0.167. The minimum atomic E-state index is -0.0669. The van der Waals surface area contributed by atoms with Gasteiger partial charge in [-0.15, -0.1) is 0 Å². The molecule has 0 aromatic heterocycles. The molecular formula is C12H14N2OS. The zero-order valence-electron chi connectivity index (χ0n) is 9.28. The summed E-state index contributed by atoms with van der Waals surface area (Å²) in [7, 11) is 1.73. The van der Waals surface area contributed by atoms with Gasteiger partial charge in [-0.2, -0.15) is 0 Å². The van der Waals surface area contributed by atoms with Crippen molar-refractivity contribution in [2.24, 2.45) is 0 Å². The third kappa shape index (κ3) is 3.47. The number of hydrogen-bond acceptors (Lipinski definition) is 3. The lowest BCUT2D eigenvalue weighted by atomic mass is 10.2. The molecule has 0 saturated heterocycles. The van der Waals surface area contributed by atoms with E-state index in [0.29, 0.717) is 10.6 Å². The van der Waals surface area contributed by atoms with E-state index in [9.17, 15) is 4.79 Å². The van der Waals surface area contributed by atoms with Crippen molar-refractivity contribution in [3.63, 3.8) is 0 Å². The first-order valence-corrected chi connectivity index (χ1v) is 5.30. The summed E-state index contributed by atoms with van der Waals surface area (Å²) in [5, 5.41) is 5.82. The van der Waals surface area contributed by atoms with E-state index in [1.54, 1.807) is 13.2 Å². The summed E-state index contributed by atoms with van der Waals surface area (Å²) in [5.74, 6) is -0.0669.